The van der Waals surface area contributed by atoms with E-state index in [1.165, 1.54) is 13.1 Å². The van der Waals surface area contributed by atoms with Crippen molar-refractivity contribution in [3.63, 3.8) is 0 Å². The topological polar surface area (TPSA) is 69.9 Å². The molecular formula is C6H18O4Si2. The zero-order chi connectivity index (χ0) is 9.83. The monoisotopic (exact) mass is 210 g/mol. The molecule has 0 aromatic heterocycles. The average Bonchev–Trinajstić information content (AvgIpc) is 1.78. The van der Waals surface area contributed by atoms with Gasteiger partial charge in [-0.05, 0) is 19.5 Å². The van der Waals surface area contributed by atoms with Gasteiger partial charge >= 0.3 is 17.4 Å². The summed E-state index contributed by atoms with van der Waals surface area (Å²) in [4.78, 5) is 27.9. The minimum absolute atomic E-state index is 0.278. The maximum Gasteiger partial charge on any atom is 0.486 e. The molecule has 0 aromatic carbocycles. The second kappa shape index (κ2) is 4.49. The zero-order valence-corrected chi connectivity index (χ0v) is 9.87. The van der Waals surface area contributed by atoms with Crippen LogP contribution in [0.3, 0.4) is 0 Å². The Morgan fingerprint density at radius 2 is 1.67 bits per heavy atom. The highest BCUT2D eigenvalue weighted by Crippen LogP contribution is 2.13. The van der Waals surface area contributed by atoms with Crippen molar-refractivity contribution in [3.05, 3.63) is 0 Å². The third kappa shape index (κ3) is 6.95. The van der Waals surface area contributed by atoms with Gasteiger partial charge in [-0.2, -0.15) is 0 Å². The quantitative estimate of drug-likeness (QED) is 0.575. The van der Waals surface area contributed by atoms with Crippen LogP contribution in [0.1, 0.15) is 19.8 Å². The van der Waals surface area contributed by atoms with Crippen LogP contribution in [0.5, 0.6) is 0 Å². The summed E-state index contributed by atoms with van der Waals surface area (Å²) < 4.78 is 4.87. The molecule has 0 aliphatic rings. The van der Waals surface area contributed by atoms with Gasteiger partial charge in [-0.25, -0.2) is 0 Å². The highest BCUT2D eigenvalue weighted by atomic mass is 28.5. The van der Waals surface area contributed by atoms with Crippen LogP contribution in [0.15, 0.2) is 0 Å². The molecule has 0 aliphatic heterocycles. The molecule has 0 bridgehead atoms. The summed E-state index contributed by atoms with van der Waals surface area (Å²) in [6.45, 7) is 5.01. The summed E-state index contributed by atoms with van der Waals surface area (Å²) in [6, 6.07) is 0.278. The Bertz CT molecular complexity index is 132. The average molecular weight is 210 g/mol. The van der Waals surface area contributed by atoms with E-state index >= 15 is 0 Å². The number of hydrogen-bond acceptors (Lipinski definition) is 4. The van der Waals surface area contributed by atoms with E-state index in [2.05, 4.69) is 0 Å². The van der Waals surface area contributed by atoms with Crippen LogP contribution >= 0.6 is 0 Å². The highest BCUT2D eigenvalue weighted by Gasteiger charge is 2.38. The van der Waals surface area contributed by atoms with Gasteiger partial charge < -0.3 is 18.5 Å². The van der Waals surface area contributed by atoms with Gasteiger partial charge in [0.2, 0.25) is 0 Å². The summed E-state index contributed by atoms with van der Waals surface area (Å²) in [5, 5.41) is 0. The van der Waals surface area contributed by atoms with Crippen LogP contribution in [0.25, 0.3) is 0 Å². The number of rotatable bonds is 5. The Morgan fingerprint density at radius 1 is 1.17 bits per heavy atom. The Morgan fingerprint density at radius 3 is 2.00 bits per heavy atom. The molecule has 0 saturated heterocycles. The molecule has 0 aromatic rings. The summed E-state index contributed by atoms with van der Waals surface area (Å²) in [5.41, 5.74) is 0. The first-order valence-corrected chi connectivity index (χ1v) is 9.00. The molecule has 0 amide bonds. The van der Waals surface area contributed by atoms with Crippen LogP contribution in [0.4, 0.5) is 0 Å². The minimum Gasteiger partial charge on any atom is -0.411 e. The minimum atomic E-state index is -3.55. The van der Waals surface area contributed by atoms with Crippen molar-refractivity contribution in [3.8, 4) is 0 Å². The molecule has 0 fully saturated rings. The van der Waals surface area contributed by atoms with Crippen molar-refractivity contribution in [1.82, 2.24) is 0 Å². The van der Waals surface area contributed by atoms with Crippen molar-refractivity contribution < 1.29 is 18.5 Å². The predicted octanol–water partition coefficient (Wildman–Crippen LogP) is 0.421. The van der Waals surface area contributed by atoms with E-state index in [1.54, 1.807) is 0 Å². The van der Waals surface area contributed by atoms with Gasteiger partial charge in [0.25, 0.3) is 0 Å². The molecule has 0 heterocycles. The van der Waals surface area contributed by atoms with E-state index in [0.29, 0.717) is 0 Å². The van der Waals surface area contributed by atoms with Gasteiger partial charge in [-0.3, -0.25) is 0 Å². The van der Waals surface area contributed by atoms with E-state index in [-0.39, 0.29) is 6.04 Å². The van der Waals surface area contributed by atoms with Gasteiger partial charge in [-0.1, -0.05) is 13.3 Å². The molecule has 0 atom stereocenters. The van der Waals surface area contributed by atoms with Crippen LogP contribution < -0.4 is 0 Å². The molecule has 0 unspecified atom stereocenters. The molecule has 3 N–H and O–H groups in total. The van der Waals surface area contributed by atoms with Crippen molar-refractivity contribution in [2.45, 2.75) is 38.9 Å². The Balaban J connectivity index is 3.86. The first-order chi connectivity index (χ1) is 5.27. The molecule has 0 rings (SSSR count). The first-order valence-electron chi connectivity index (χ1n) is 4.14. The Labute approximate surface area is 75.4 Å². The van der Waals surface area contributed by atoms with Crippen LogP contribution in [0, 0.1) is 0 Å². The van der Waals surface area contributed by atoms with Gasteiger partial charge in [0, 0.05) is 6.04 Å². The number of hydrogen-bond donors (Lipinski definition) is 3. The van der Waals surface area contributed by atoms with Crippen LogP contribution in [0.2, 0.25) is 19.1 Å². The van der Waals surface area contributed by atoms with E-state index in [0.717, 1.165) is 12.8 Å². The summed E-state index contributed by atoms with van der Waals surface area (Å²) >= 11 is 0. The van der Waals surface area contributed by atoms with Crippen molar-refractivity contribution in [2.75, 3.05) is 0 Å². The van der Waals surface area contributed by atoms with Crippen molar-refractivity contribution >= 4 is 17.4 Å². The number of unbranched alkanes of at least 4 members (excludes halogenated alkanes) is 1. The second-order valence-electron chi connectivity index (χ2n) is 3.40. The second-order valence-corrected chi connectivity index (χ2v) is 9.09. The fourth-order valence-electron chi connectivity index (χ4n) is 0.858. The Hall–Kier alpha value is 0.274. The lowest BCUT2D eigenvalue weighted by molar-refractivity contribution is 0.209. The molecule has 0 saturated carbocycles. The molecule has 4 nitrogen and oxygen atoms in total. The lowest BCUT2D eigenvalue weighted by Crippen LogP contribution is -2.49. The Kier molecular flexibility index (Phi) is 4.60. The van der Waals surface area contributed by atoms with Gasteiger partial charge in [0.05, 0.1) is 0 Å². The van der Waals surface area contributed by atoms with E-state index in [4.69, 9.17) is 4.12 Å². The van der Waals surface area contributed by atoms with Gasteiger partial charge in [-0.15, -0.1) is 0 Å². The third-order valence-corrected chi connectivity index (χ3v) is 5.58. The summed E-state index contributed by atoms with van der Waals surface area (Å²) in [5.74, 6) is 0. The molecule has 6 heteroatoms. The predicted molar refractivity (Wildman–Crippen MR) is 50.7 cm³/mol. The highest BCUT2D eigenvalue weighted by molar-refractivity contribution is 6.75. The third-order valence-electron chi connectivity index (χ3n) is 1.27. The normalized spacial score (nSPS) is 13.5. The smallest absolute Gasteiger partial charge is 0.411 e. The molecule has 0 spiro atoms. The van der Waals surface area contributed by atoms with Gasteiger partial charge in [0.1, 0.15) is 0 Å². The standard InChI is InChI=1S/C6H18O4Si2/c1-4-5-6-12(8,9)10-11(2,3)7/h7-9H,4-6H2,1-3H3. The fraction of sp³-hybridized carbons (Fsp3) is 1.00. The van der Waals surface area contributed by atoms with E-state index in [1.807, 2.05) is 6.92 Å². The van der Waals surface area contributed by atoms with Crippen LogP contribution in [-0.4, -0.2) is 31.8 Å². The maximum absolute atomic E-state index is 9.33. The lowest BCUT2D eigenvalue weighted by atomic mass is 10.4. The molecule has 0 radical (unpaired) electrons. The van der Waals surface area contributed by atoms with E-state index < -0.39 is 17.4 Å². The van der Waals surface area contributed by atoms with Crippen molar-refractivity contribution in [2.24, 2.45) is 0 Å². The lowest BCUT2D eigenvalue weighted by Gasteiger charge is -2.24. The first kappa shape index (κ1) is 12.3. The molecule has 0 aliphatic carbocycles. The van der Waals surface area contributed by atoms with Gasteiger partial charge in [0.15, 0.2) is 0 Å². The maximum atomic E-state index is 9.33. The molecule has 74 valence electrons. The van der Waals surface area contributed by atoms with Crippen LogP contribution in [-0.2, 0) is 4.12 Å². The van der Waals surface area contributed by atoms with Crippen molar-refractivity contribution in [1.29, 1.82) is 0 Å². The SMILES string of the molecule is CCCC[Si](O)(O)O[Si](C)(C)O. The molecule has 12 heavy (non-hydrogen) atoms. The largest absolute Gasteiger partial charge is 0.486 e. The van der Waals surface area contributed by atoms with E-state index in [9.17, 15) is 14.4 Å². The fourth-order valence-corrected chi connectivity index (χ4v) is 5.28. The molecular weight excluding hydrogens is 192 g/mol. The summed E-state index contributed by atoms with van der Waals surface area (Å²) in [6.07, 6.45) is 1.62. The summed E-state index contributed by atoms with van der Waals surface area (Å²) in [7, 11) is -6.33. The zero-order valence-electron chi connectivity index (χ0n) is 7.87.